The zero-order chi connectivity index (χ0) is 31.5. The fraction of sp³-hybridized carbons (Fsp3) is 0.621. The Bertz CT molecular complexity index is 1050. The Kier molecular flexibility index (Phi) is 13.2. The molecule has 1 rings (SSSR count). The van der Waals surface area contributed by atoms with Gasteiger partial charge >= 0.3 is 12.1 Å². The highest BCUT2D eigenvalue weighted by Gasteiger charge is 2.35. The number of benzene rings is 1. The predicted molar refractivity (Wildman–Crippen MR) is 152 cm³/mol. The van der Waals surface area contributed by atoms with E-state index in [1.54, 1.807) is 71.9 Å². The number of hydrogen-bond acceptors (Lipinski definition) is 8. The molecule has 1 aromatic carbocycles. The van der Waals surface area contributed by atoms with Gasteiger partial charge in [-0.25, -0.2) is 9.59 Å². The fourth-order valence-corrected chi connectivity index (χ4v) is 3.75. The monoisotopic (exact) mass is 578 g/mol. The highest BCUT2D eigenvalue weighted by molar-refractivity contribution is 5.93. The highest BCUT2D eigenvalue weighted by atomic mass is 16.6. The number of alkyl carbamates (subject to hydrolysis) is 1. The second kappa shape index (κ2) is 15.4. The maximum Gasteiger partial charge on any atom is 0.407 e. The molecule has 0 spiro atoms. The molecule has 230 valence electrons. The molecule has 0 bridgehead atoms. The Morgan fingerprint density at radius 3 is 1.85 bits per heavy atom. The average molecular weight is 579 g/mol. The number of primary amides is 1. The van der Waals surface area contributed by atoms with Gasteiger partial charge in [-0.3, -0.25) is 14.4 Å². The molecule has 1 aromatic rings. The lowest BCUT2D eigenvalue weighted by Crippen LogP contribution is -2.58. The largest absolute Gasteiger partial charge is 0.458 e. The van der Waals surface area contributed by atoms with Crippen LogP contribution in [0.1, 0.15) is 73.8 Å². The van der Waals surface area contributed by atoms with Gasteiger partial charge in [0.15, 0.2) is 6.10 Å². The molecule has 0 fully saturated rings. The Morgan fingerprint density at radius 1 is 0.829 bits per heavy atom. The zero-order valence-corrected chi connectivity index (χ0v) is 25.3. The van der Waals surface area contributed by atoms with E-state index in [9.17, 15) is 29.1 Å². The van der Waals surface area contributed by atoms with E-state index in [1.165, 1.54) is 0 Å². The van der Waals surface area contributed by atoms with Crippen LogP contribution in [0.4, 0.5) is 4.79 Å². The molecule has 0 unspecified atom stereocenters. The zero-order valence-electron chi connectivity index (χ0n) is 25.3. The number of rotatable bonds is 13. The second-order valence-corrected chi connectivity index (χ2v) is 12.3. The number of carbonyl (C=O) groups is 5. The van der Waals surface area contributed by atoms with Crippen molar-refractivity contribution < 1.29 is 38.6 Å². The van der Waals surface area contributed by atoms with Crippen molar-refractivity contribution in [1.82, 2.24) is 16.0 Å². The molecule has 0 radical (unpaired) electrons. The SMILES string of the molecule is CC(C)C[C@H](NC(=O)[C@@H](O)[C@@H](Cc1ccccc1)NC(=O)OC(C)(C)C)C(=O)N[C@@H](CC(N)=O)C(=O)OC(C)(C)C. The maximum absolute atomic E-state index is 13.2. The van der Waals surface area contributed by atoms with Gasteiger partial charge in [-0.1, -0.05) is 44.2 Å². The standard InChI is InChI=1S/C29H46N4O8/c1-17(2)14-20(24(36)32-21(16-22(30)34)26(38)40-28(3,4)5)31-25(37)23(35)19(15-18-12-10-9-11-13-18)33-27(39)41-29(6,7)8/h9-13,17,19-21,23,35H,14-16H2,1-8H3,(H2,30,34)(H,31,37)(H,32,36)(H,33,39)/t19-,20+,21+,23+/m1/s1. The van der Waals surface area contributed by atoms with E-state index in [0.29, 0.717) is 0 Å². The van der Waals surface area contributed by atoms with Crippen LogP contribution in [-0.4, -0.2) is 70.3 Å². The van der Waals surface area contributed by atoms with E-state index in [1.807, 2.05) is 13.8 Å². The highest BCUT2D eigenvalue weighted by Crippen LogP contribution is 2.13. The van der Waals surface area contributed by atoms with E-state index in [-0.39, 0.29) is 18.8 Å². The Morgan fingerprint density at radius 2 is 1.37 bits per heavy atom. The van der Waals surface area contributed by atoms with E-state index >= 15 is 0 Å². The van der Waals surface area contributed by atoms with E-state index in [4.69, 9.17) is 15.2 Å². The first-order valence-electron chi connectivity index (χ1n) is 13.6. The van der Waals surface area contributed by atoms with Crippen LogP contribution in [0.3, 0.4) is 0 Å². The summed E-state index contributed by atoms with van der Waals surface area (Å²) in [5.74, 6) is -3.47. The normalized spacial score (nSPS) is 14.7. The van der Waals surface area contributed by atoms with Crippen LogP contribution in [-0.2, 0) is 35.1 Å². The van der Waals surface area contributed by atoms with Gasteiger partial charge in [0.2, 0.25) is 11.8 Å². The number of ether oxygens (including phenoxy) is 2. The second-order valence-electron chi connectivity index (χ2n) is 12.3. The van der Waals surface area contributed by atoms with Crippen LogP contribution in [0.15, 0.2) is 30.3 Å². The summed E-state index contributed by atoms with van der Waals surface area (Å²) in [5, 5.41) is 18.5. The molecule has 12 nitrogen and oxygen atoms in total. The molecule has 0 aliphatic rings. The predicted octanol–water partition coefficient (Wildman–Crippen LogP) is 1.72. The summed E-state index contributed by atoms with van der Waals surface area (Å²) >= 11 is 0. The van der Waals surface area contributed by atoms with Crippen molar-refractivity contribution in [3.63, 3.8) is 0 Å². The van der Waals surface area contributed by atoms with Crippen molar-refractivity contribution >= 4 is 29.8 Å². The lowest BCUT2D eigenvalue weighted by molar-refractivity contribution is -0.159. The number of aliphatic hydroxyl groups is 1. The molecule has 41 heavy (non-hydrogen) atoms. The lowest BCUT2D eigenvalue weighted by atomic mass is 9.99. The number of hydrogen-bond donors (Lipinski definition) is 5. The van der Waals surface area contributed by atoms with Crippen LogP contribution < -0.4 is 21.7 Å². The molecule has 0 aliphatic heterocycles. The van der Waals surface area contributed by atoms with Gasteiger partial charge in [-0.05, 0) is 65.9 Å². The molecule has 4 atom stereocenters. The van der Waals surface area contributed by atoms with Gasteiger partial charge < -0.3 is 36.3 Å². The molecule has 4 amide bonds. The van der Waals surface area contributed by atoms with Crippen molar-refractivity contribution in [2.24, 2.45) is 11.7 Å². The minimum atomic E-state index is -1.77. The van der Waals surface area contributed by atoms with Crippen molar-refractivity contribution in [2.45, 2.75) is 110 Å². The minimum absolute atomic E-state index is 0.0840. The van der Waals surface area contributed by atoms with E-state index in [0.717, 1.165) is 5.56 Å². The Labute approximate surface area is 242 Å². The van der Waals surface area contributed by atoms with Gasteiger partial charge in [0.05, 0.1) is 12.5 Å². The molecule has 6 N–H and O–H groups in total. The van der Waals surface area contributed by atoms with Crippen molar-refractivity contribution in [3.05, 3.63) is 35.9 Å². The quantitative estimate of drug-likeness (QED) is 0.219. The number of nitrogens with one attached hydrogen (secondary N) is 3. The number of aliphatic hydroxyl groups excluding tert-OH is 1. The van der Waals surface area contributed by atoms with E-state index < -0.39 is 71.6 Å². The summed E-state index contributed by atoms with van der Waals surface area (Å²) in [6.45, 7) is 13.6. The van der Waals surface area contributed by atoms with Crippen LogP contribution in [0, 0.1) is 5.92 Å². The van der Waals surface area contributed by atoms with Crippen LogP contribution >= 0.6 is 0 Å². The first-order chi connectivity index (χ1) is 18.8. The summed E-state index contributed by atoms with van der Waals surface area (Å²) in [6, 6.07) is 5.26. The molecule has 0 heterocycles. The molecule has 0 aromatic heterocycles. The summed E-state index contributed by atoms with van der Waals surface area (Å²) in [5.41, 5.74) is 4.31. The third-order valence-electron chi connectivity index (χ3n) is 5.40. The summed E-state index contributed by atoms with van der Waals surface area (Å²) < 4.78 is 10.6. The first-order valence-corrected chi connectivity index (χ1v) is 13.6. The smallest absolute Gasteiger partial charge is 0.407 e. The van der Waals surface area contributed by atoms with E-state index in [2.05, 4.69) is 16.0 Å². The number of nitrogens with two attached hydrogens (primary N) is 1. The fourth-order valence-electron chi connectivity index (χ4n) is 3.75. The molecular formula is C29H46N4O8. The first kappa shape index (κ1) is 35.4. The third-order valence-corrected chi connectivity index (χ3v) is 5.40. The maximum atomic E-state index is 13.2. The van der Waals surface area contributed by atoms with Crippen LogP contribution in [0.2, 0.25) is 0 Å². The average Bonchev–Trinajstić information content (AvgIpc) is 2.80. The molecular weight excluding hydrogens is 532 g/mol. The minimum Gasteiger partial charge on any atom is -0.458 e. The number of carbonyl (C=O) groups excluding carboxylic acids is 5. The van der Waals surface area contributed by atoms with Crippen molar-refractivity contribution in [2.75, 3.05) is 0 Å². The topological polar surface area (TPSA) is 186 Å². The van der Waals surface area contributed by atoms with Gasteiger partial charge in [0.1, 0.15) is 23.3 Å². The molecule has 0 saturated heterocycles. The van der Waals surface area contributed by atoms with Gasteiger partial charge in [0, 0.05) is 0 Å². The molecule has 12 heteroatoms. The number of amides is 4. The number of esters is 1. The summed E-state index contributed by atoms with van der Waals surface area (Å²) in [6.07, 6.45) is -2.87. The lowest BCUT2D eigenvalue weighted by Gasteiger charge is -2.29. The van der Waals surface area contributed by atoms with Crippen molar-refractivity contribution in [1.29, 1.82) is 0 Å². The molecule has 0 aliphatic carbocycles. The van der Waals surface area contributed by atoms with Crippen LogP contribution in [0.5, 0.6) is 0 Å². The third kappa shape index (κ3) is 14.5. The van der Waals surface area contributed by atoms with Gasteiger partial charge in [-0.2, -0.15) is 0 Å². The Hall–Kier alpha value is -3.67. The Balaban J connectivity index is 3.16. The summed E-state index contributed by atoms with van der Waals surface area (Å²) in [4.78, 5) is 63.2. The summed E-state index contributed by atoms with van der Waals surface area (Å²) in [7, 11) is 0. The molecule has 0 saturated carbocycles. The van der Waals surface area contributed by atoms with Crippen LogP contribution in [0.25, 0.3) is 0 Å². The van der Waals surface area contributed by atoms with Gasteiger partial charge in [0.25, 0.3) is 5.91 Å². The van der Waals surface area contributed by atoms with Crippen molar-refractivity contribution in [3.8, 4) is 0 Å². The van der Waals surface area contributed by atoms with Gasteiger partial charge in [-0.15, -0.1) is 0 Å².